The number of thioether (sulfide) groups is 1. The van der Waals surface area contributed by atoms with E-state index in [4.69, 9.17) is 4.42 Å². The maximum Gasteiger partial charge on any atom is 0.297 e. The van der Waals surface area contributed by atoms with Crippen molar-refractivity contribution in [2.75, 3.05) is 11.2 Å². The van der Waals surface area contributed by atoms with E-state index in [1.807, 2.05) is 56.5 Å². The quantitative estimate of drug-likeness (QED) is 0.322. The first-order chi connectivity index (χ1) is 16.3. The fourth-order valence-corrected chi connectivity index (χ4v) is 5.79. The van der Waals surface area contributed by atoms with Crippen molar-refractivity contribution in [3.05, 3.63) is 79.6 Å². The number of amides is 1. The predicted molar refractivity (Wildman–Crippen MR) is 137 cm³/mol. The van der Waals surface area contributed by atoms with E-state index in [2.05, 4.69) is 24.0 Å². The van der Waals surface area contributed by atoms with Gasteiger partial charge in [0.2, 0.25) is 10.9 Å². The number of aryl methyl sites for hydroxylation is 2. The number of rotatable bonds is 5. The maximum atomic E-state index is 13.8. The zero-order valence-corrected chi connectivity index (χ0v) is 21.3. The van der Waals surface area contributed by atoms with Crippen LogP contribution in [0.15, 0.2) is 50.5 Å². The lowest BCUT2D eigenvalue weighted by Crippen LogP contribution is -2.29. The third-order valence-electron chi connectivity index (χ3n) is 6.16. The molecule has 0 spiro atoms. The highest BCUT2D eigenvalue weighted by Crippen LogP contribution is 2.42. The first-order valence-electron chi connectivity index (χ1n) is 11.2. The van der Waals surface area contributed by atoms with Gasteiger partial charge < -0.3 is 4.42 Å². The van der Waals surface area contributed by atoms with Crippen molar-refractivity contribution in [3.63, 3.8) is 0 Å². The van der Waals surface area contributed by atoms with Crippen LogP contribution in [0.2, 0.25) is 0 Å². The largest absolute Gasteiger partial charge is 0.450 e. The van der Waals surface area contributed by atoms with E-state index in [9.17, 15) is 9.59 Å². The van der Waals surface area contributed by atoms with E-state index in [1.165, 1.54) is 11.3 Å². The van der Waals surface area contributed by atoms with Gasteiger partial charge in [-0.25, -0.2) is 0 Å². The molecule has 8 heteroatoms. The molecule has 34 heavy (non-hydrogen) atoms. The topological polar surface area (TPSA) is 76.3 Å². The van der Waals surface area contributed by atoms with Gasteiger partial charge in [-0.3, -0.25) is 14.5 Å². The maximum absolute atomic E-state index is 13.8. The van der Waals surface area contributed by atoms with Gasteiger partial charge >= 0.3 is 0 Å². The predicted octanol–water partition coefficient (Wildman–Crippen LogP) is 5.93. The molecule has 1 aliphatic rings. The number of nitrogens with zero attached hydrogens (tertiary/aromatic N) is 3. The van der Waals surface area contributed by atoms with Crippen molar-refractivity contribution in [1.82, 2.24) is 10.2 Å². The molecule has 1 amide bonds. The van der Waals surface area contributed by atoms with Crippen molar-refractivity contribution in [3.8, 4) is 0 Å². The summed E-state index contributed by atoms with van der Waals surface area (Å²) in [6, 6.07) is 11.0. The summed E-state index contributed by atoms with van der Waals surface area (Å²) in [4.78, 5) is 30.2. The van der Waals surface area contributed by atoms with E-state index in [0.717, 1.165) is 33.0 Å². The molecule has 2 aromatic heterocycles. The Morgan fingerprint density at radius 2 is 1.79 bits per heavy atom. The summed E-state index contributed by atoms with van der Waals surface area (Å²) < 4.78 is 6.11. The summed E-state index contributed by atoms with van der Waals surface area (Å²) in [6.07, 6.45) is 2.79. The Morgan fingerprint density at radius 1 is 1.09 bits per heavy atom. The van der Waals surface area contributed by atoms with Crippen molar-refractivity contribution in [1.29, 1.82) is 0 Å². The lowest BCUT2D eigenvalue weighted by molar-refractivity contribution is 0.0970. The molecule has 2 aromatic carbocycles. The highest BCUT2D eigenvalue weighted by molar-refractivity contribution is 7.98. The third-order valence-corrected chi connectivity index (χ3v) is 7.85. The zero-order chi connectivity index (χ0) is 24.1. The molecule has 0 aliphatic carbocycles. The molecular formula is C26H25N3O3S2. The van der Waals surface area contributed by atoms with E-state index >= 15 is 0 Å². The van der Waals surface area contributed by atoms with E-state index in [-0.39, 0.29) is 17.1 Å². The summed E-state index contributed by atoms with van der Waals surface area (Å²) in [5.41, 5.74) is 3.45. The van der Waals surface area contributed by atoms with Gasteiger partial charge in [-0.2, -0.15) is 0 Å². The SMILES string of the molecule is CSc1ccc([C@@H]2c3c(oc4cc(C)c(C)cc4c3=O)C(=O)N2c2nnc(CC(C)C)s2)cc1. The van der Waals surface area contributed by atoms with Crippen LogP contribution in [0.4, 0.5) is 5.13 Å². The van der Waals surface area contributed by atoms with Gasteiger partial charge in [-0.05, 0) is 67.0 Å². The minimum absolute atomic E-state index is 0.0836. The fraction of sp³-hybridized carbons (Fsp3) is 0.308. The number of anilines is 1. The highest BCUT2D eigenvalue weighted by atomic mass is 32.2. The molecule has 4 aromatic rings. The van der Waals surface area contributed by atoms with Crippen molar-refractivity contribution in [2.24, 2.45) is 5.92 Å². The third kappa shape index (κ3) is 3.75. The molecule has 0 bridgehead atoms. The van der Waals surface area contributed by atoms with Crippen LogP contribution in [-0.2, 0) is 6.42 Å². The Bertz CT molecular complexity index is 1470. The number of carbonyl (C=O) groups excluding carboxylic acids is 1. The van der Waals surface area contributed by atoms with E-state index in [0.29, 0.717) is 27.6 Å². The molecule has 6 nitrogen and oxygen atoms in total. The van der Waals surface area contributed by atoms with Crippen molar-refractivity contribution in [2.45, 2.75) is 45.1 Å². The summed E-state index contributed by atoms with van der Waals surface area (Å²) >= 11 is 3.03. The normalized spacial score (nSPS) is 15.5. The van der Waals surface area contributed by atoms with E-state index < -0.39 is 6.04 Å². The number of carbonyl (C=O) groups is 1. The standard InChI is InChI=1S/C26H25N3O3S2/c1-13(2)10-20-27-28-26(34-20)29-22(16-6-8-17(33-5)9-7-16)21-23(30)18-11-14(3)15(4)12-19(18)32-24(21)25(29)31/h6-9,11-13,22H,10H2,1-5H3/t22-/m1/s1. The Balaban J connectivity index is 1.74. The van der Waals surface area contributed by atoms with E-state index in [1.54, 1.807) is 16.7 Å². The Labute approximate surface area is 206 Å². The number of fused-ring (bicyclic) bond motifs is 2. The Hall–Kier alpha value is -2.97. The first kappa shape index (κ1) is 22.8. The van der Waals surface area contributed by atoms with Crippen LogP contribution in [-0.4, -0.2) is 22.4 Å². The van der Waals surface area contributed by atoms with Crippen LogP contribution in [0.1, 0.15) is 57.7 Å². The summed E-state index contributed by atoms with van der Waals surface area (Å²) in [7, 11) is 0. The van der Waals surface area contributed by atoms with Crippen molar-refractivity contribution >= 4 is 45.1 Å². The van der Waals surface area contributed by atoms with Crippen LogP contribution in [0.5, 0.6) is 0 Å². The molecule has 0 radical (unpaired) electrons. The second kappa shape index (κ2) is 8.67. The van der Waals surface area contributed by atoms with Crippen LogP contribution in [0.3, 0.4) is 0 Å². The van der Waals surface area contributed by atoms with Crippen LogP contribution in [0.25, 0.3) is 11.0 Å². The number of hydrogen-bond donors (Lipinski definition) is 0. The van der Waals surface area contributed by atoms with Crippen molar-refractivity contribution < 1.29 is 9.21 Å². The molecule has 1 atom stereocenters. The minimum Gasteiger partial charge on any atom is -0.450 e. The first-order valence-corrected chi connectivity index (χ1v) is 13.2. The lowest BCUT2D eigenvalue weighted by atomic mass is 9.97. The molecule has 0 fully saturated rings. The number of benzene rings is 2. The summed E-state index contributed by atoms with van der Waals surface area (Å²) in [5.74, 6) is 0.140. The van der Waals surface area contributed by atoms with Crippen LogP contribution >= 0.6 is 23.1 Å². The second-order valence-corrected chi connectivity index (χ2v) is 11.0. The molecule has 0 saturated heterocycles. The Morgan fingerprint density at radius 3 is 2.47 bits per heavy atom. The number of aromatic nitrogens is 2. The molecule has 174 valence electrons. The van der Waals surface area contributed by atoms with Gasteiger partial charge in [0.25, 0.3) is 5.91 Å². The van der Waals surface area contributed by atoms with Gasteiger partial charge in [0, 0.05) is 11.3 Å². The monoisotopic (exact) mass is 491 g/mol. The van der Waals surface area contributed by atoms with Gasteiger partial charge in [-0.1, -0.05) is 37.3 Å². The number of hydrogen-bond acceptors (Lipinski definition) is 7. The molecule has 1 aliphatic heterocycles. The smallest absolute Gasteiger partial charge is 0.297 e. The van der Waals surface area contributed by atoms with Gasteiger partial charge in [0.05, 0.1) is 17.0 Å². The molecule has 0 saturated carbocycles. The average molecular weight is 492 g/mol. The Kier molecular flexibility index (Phi) is 5.81. The highest BCUT2D eigenvalue weighted by Gasteiger charge is 2.45. The minimum atomic E-state index is -0.625. The molecule has 5 rings (SSSR count). The molecular weight excluding hydrogens is 466 g/mol. The van der Waals surface area contributed by atoms with Gasteiger partial charge in [-0.15, -0.1) is 22.0 Å². The molecule has 0 N–H and O–H groups in total. The van der Waals surface area contributed by atoms with Gasteiger partial charge in [0.1, 0.15) is 10.6 Å². The zero-order valence-electron chi connectivity index (χ0n) is 19.7. The fourth-order valence-electron chi connectivity index (χ4n) is 4.30. The lowest BCUT2D eigenvalue weighted by Gasteiger charge is -2.22. The molecule has 0 unspecified atom stereocenters. The average Bonchev–Trinajstić information content (AvgIpc) is 3.37. The molecule has 3 heterocycles. The van der Waals surface area contributed by atoms with Crippen LogP contribution in [0, 0.1) is 19.8 Å². The second-order valence-electron chi connectivity index (χ2n) is 9.03. The van der Waals surface area contributed by atoms with Crippen LogP contribution < -0.4 is 10.3 Å². The van der Waals surface area contributed by atoms with Gasteiger partial charge in [0.15, 0.2) is 5.43 Å². The summed E-state index contributed by atoms with van der Waals surface area (Å²) in [6.45, 7) is 8.16. The summed E-state index contributed by atoms with van der Waals surface area (Å²) in [5, 5.41) is 10.5.